The van der Waals surface area contributed by atoms with E-state index < -0.39 is 11.8 Å². The largest absolute Gasteiger partial charge is 0.493 e. The molecule has 0 atom stereocenters. The van der Waals surface area contributed by atoms with E-state index >= 15 is 0 Å². The quantitative estimate of drug-likeness (QED) is 0.383. The molecule has 1 heterocycles. The number of methoxy groups -OCH3 is 1. The third kappa shape index (κ3) is 5.57. The lowest BCUT2D eigenvalue weighted by molar-refractivity contribution is -0.123. The number of carbonyl (C=O) groups is 2. The standard InChI is InChI=1S/C24H26N4O5/c1-4-8-16-11-12-19(20(14-16)32-3)33-15-21(29)25-26-23(30)22-17-9-6-7-10-18(17)24(31)28(27-22)13-5-2/h4,6-7,9-12,14H,1,5,8,13,15H2,2-3H3,(H,25,29)(H,26,30). The molecule has 1 aromatic heterocycles. The minimum atomic E-state index is -0.643. The molecule has 0 fully saturated rings. The van der Waals surface area contributed by atoms with Gasteiger partial charge in [0.1, 0.15) is 0 Å². The lowest BCUT2D eigenvalue weighted by Gasteiger charge is -2.13. The molecule has 0 aliphatic heterocycles. The van der Waals surface area contributed by atoms with Gasteiger partial charge in [0.15, 0.2) is 23.8 Å². The lowest BCUT2D eigenvalue weighted by Crippen LogP contribution is -2.44. The maximum Gasteiger partial charge on any atom is 0.290 e. The Kier molecular flexibility index (Phi) is 7.80. The molecule has 2 N–H and O–H groups in total. The number of nitrogens with one attached hydrogen (secondary N) is 2. The van der Waals surface area contributed by atoms with Gasteiger partial charge in [-0.2, -0.15) is 5.10 Å². The molecule has 9 heteroatoms. The third-order valence-electron chi connectivity index (χ3n) is 4.80. The fourth-order valence-corrected chi connectivity index (χ4v) is 3.26. The minimum Gasteiger partial charge on any atom is -0.493 e. The van der Waals surface area contributed by atoms with Gasteiger partial charge < -0.3 is 9.47 Å². The van der Waals surface area contributed by atoms with E-state index in [-0.39, 0.29) is 17.9 Å². The van der Waals surface area contributed by atoms with Crippen molar-refractivity contribution in [2.75, 3.05) is 13.7 Å². The lowest BCUT2D eigenvalue weighted by atomic mass is 10.1. The molecule has 33 heavy (non-hydrogen) atoms. The van der Waals surface area contributed by atoms with Crippen molar-refractivity contribution in [1.82, 2.24) is 20.6 Å². The van der Waals surface area contributed by atoms with E-state index in [1.165, 1.54) is 11.8 Å². The van der Waals surface area contributed by atoms with Crippen LogP contribution in [-0.2, 0) is 17.8 Å². The number of amides is 2. The second-order valence-electron chi connectivity index (χ2n) is 7.19. The van der Waals surface area contributed by atoms with Crippen molar-refractivity contribution in [2.24, 2.45) is 0 Å². The summed E-state index contributed by atoms with van der Waals surface area (Å²) in [6, 6.07) is 12.1. The monoisotopic (exact) mass is 450 g/mol. The molecule has 0 spiro atoms. The highest BCUT2D eigenvalue weighted by Gasteiger charge is 2.17. The van der Waals surface area contributed by atoms with E-state index in [9.17, 15) is 14.4 Å². The minimum absolute atomic E-state index is 0.0411. The van der Waals surface area contributed by atoms with Crippen molar-refractivity contribution in [2.45, 2.75) is 26.3 Å². The van der Waals surface area contributed by atoms with Crippen molar-refractivity contribution in [3.63, 3.8) is 0 Å². The maximum atomic E-state index is 12.7. The zero-order valence-corrected chi connectivity index (χ0v) is 18.6. The van der Waals surface area contributed by atoms with E-state index in [4.69, 9.17) is 9.47 Å². The van der Waals surface area contributed by atoms with Gasteiger partial charge in [0.05, 0.1) is 12.5 Å². The SMILES string of the molecule is C=CCc1ccc(OCC(=O)NNC(=O)c2nn(CCC)c(=O)c3ccccc23)c(OC)c1. The highest BCUT2D eigenvalue weighted by Crippen LogP contribution is 2.28. The summed E-state index contributed by atoms with van der Waals surface area (Å²) in [6.45, 7) is 5.64. The molecule has 0 unspecified atom stereocenters. The number of allylic oxidation sites excluding steroid dienone is 1. The summed E-state index contributed by atoms with van der Waals surface area (Å²) in [5.74, 6) is -0.339. The Morgan fingerprint density at radius 3 is 2.58 bits per heavy atom. The predicted molar refractivity (Wildman–Crippen MR) is 124 cm³/mol. The highest BCUT2D eigenvalue weighted by atomic mass is 16.5. The number of hydrazine groups is 1. The first-order chi connectivity index (χ1) is 16.0. The number of ether oxygens (including phenoxy) is 2. The molecule has 0 bridgehead atoms. The number of rotatable bonds is 9. The fraction of sp³-hybridized carbons (Fsp3) is 0.250. The van der Waals surface area contributed by atoms with Crippen LogP contribution in [-0.4, -0.2) is 35.3 Å². The Balaban J connectivity index is 1.67. The highest BCUT2D eigenvalue weighted by molar-refractivity contribution is 6.05. The Morgan fingerprint density at radius 1 is 1.12 bits per heavy atom. The van der Waals surface area contributed by atoms with Crippen LogP contribution in [0.15, 0.2) is 59.9 Å². The van der Waals surface area contributed by atoms with Crippen LogP contribution >= 0.6 is 0 Å². The molecule has 0 aliphatic carbocycles. The van der Waals surface area contributed by atoms with Gasteiger partial charge in [0, 0.05) is 11.9 Å². The molecular formula is C24H26N4O5. The molecule has 0 aliphatic rings. The number of hydrogen-bond donors (Lipinski definition) is 2. The molecule has 0 saturated carbocycles. The maximum absolute atomic E-state index is 12.7. The molecule has 0 saturated heterocycles. The number of aryl methyl sites for hydroxylation is 1. The van der Waals surface area contributed by atoms with Crippen LogP contribution in [0.5, 0.6) is 11.5 Å². The van der Waals surface area contributed by atoms with Crippen LogP contribution in [0.1, 0.15) is 29.4 Å². The molecular weight excluding hydrogens is 424 g/mol. The molecule has 3 aromatic rings. The van der Waals surface area contributed by atoms with E-state index in [1.807, 2.05) is 13.0 Å². The topological polar surface area (TPSA) is 112 Å². The number of fused-ring (bicyclic) bond motifs is 1. The zero-order chi connectivity index (χ0) is 23.8. The summed E-state index contributed by atoms with van der Waals surface area (Å²) in [6.07, 6.45) is 3.13. The van der Waals surface area contributed by atoms with Gasteiger partial charge in [-0.25, -0.2) is 4.68 Å². The first kappa shape index (κ1) is 23.5. The van der Waals surface area contributed by atoms with Gasteiger partial charge in [-0.05, 0) is 36.6 Å². The van der Waals surface area contributed by atoms with Gasteiger partial charge in [0.2, 0.25) is 0 Å². The summed E-state index contributed by atoms with van der Waals surface area (Å²) in [4.78, 5) is 37.5. The molecule has 172 valence electrons. The smallest absolute Gasteiger partial charge is 0.290 e. The second-order valence-corrected chi connectivity index (χ2v) is 7.19. The predicted octanol–water partition coefficient (Wildman–Crippen LogP) is 2.38. The molecule has 0 radical (unpaired) electrons. The zero-order valence-electron chi connectivity index (χ0n) is 18.6. The number of hydrogen-bond acceptors (Lipinski definition) is 6. The molecule has 2 aromatic carbocycles. The van der Waals surface area contributed by atoms with Crippen LogP contribution < -0.4 is 25.9 Å². The van der Waals surface area contributed by atoms with E-state index in [1.54, 1.807) is 42.5 Å². The third-order valence-corrected chi connectivity index (χ3v) is 4.80. The first-order valence-corrected chi connectivity index (χ1v) is 10.5. The first-order valence-electron chi connectivity index (χ1n) is 10.5. The van der Waals surface area contributed by atoms with Crippen molar-refractivity contribution >= 4 is 22.6 Å². The van der Waals surface area contributed by atoms with Gasteiger partial charge >= 0.3 is 0 Å². The Labute approximate surface area is 191 Å². The Hall–Kier alpha value is -4.14. The average molecular weight is 450 g/mol. The van der Waals surface area contributed by atoms with Gasteiger partial charge in [-0.1, -0.05) is 37.3 Å². The normalized spacial score (nSPS) is 10.5. The summed E-state index contributed by atoms with van der Waals surface area (Å²) in [5.41, 5.74) is 5.41. The van der Waals surface area contributed by atoms with Crippen LogP contribution in [0.4, 0.5) is 0 Å². The number of aromatic nitrogens is 2. The number of carbonyl (C=O) groups excluding carboxylic acids is 2. The van der Waals surface area contributed by atoms with Crippen LogP contribution in [0.25, 0.3) is 10.8 Å². The van der Waals surface area contributed by atoms with E-state index in [0.717, 1.165) is 5.56 Å². The van der Waals surface area contributed by atoms with Crippen molar-refractivity contribution in [3.8, 4) is 11.5 Å². The Morgan fingerprint density at radius 2 is 1.88 bits per heavy atom. The van der Waals surface area contributed by atoms with Crippen LogP contribution in [0, 0.1) is 0 Å². The van der Waals surface area contributed by atoms with Gasteiger partial charge in [-0.15, -0.1) is 6.58 Å². The van der Waals surface area contributed by atoms with E-state index in [0.29, 0.717) is 41.7 Å². The van der Waals surface area contributed by atoms with E-state index in [2.05, 4.69) is 22.5 Å². The average Bonchev–Trinajstić information content (AvgIpc) is 2.83. The van der Waals surface area contributed by atoms with Crippen LogP contribution in [0.3, 0.4) is 0 Å². The number of nitrogens with zero attached hydrogens (tertiary/aromatic N) is 2. The molecule has 3 rings (SSSR count). The Bertz CT molecular complexity index is 1240. The molecule has 2 amide bonds. The number of benzene rings is 2. The van der Waals surface area contributed by atoms with Crippen molar-refractivity contribution in [3.05, 3.63) is 76.7 Å². The summed E-state index contributed by atoms with van der Waals surface area (Å²) in [5, 5.41) is 4.98. The van der Waals surface area contributed by atoms with Crippen LogP contribution in [0.2, 0.25) is 0 Å². The summed E-state index contributed by atoms with van der Waals surface area (Å²) in [7, 11) is 1.51. The fourth-order valence-electron chi connectivity index (χ4n) is 3.26. The second kappa shape index (κ2) is 10.9. The summed E-state index contributed by atoms with van der Waals surface area (Å²) < 4.78 is 12.1. The molecule has 9 nitrogen and oxygen atoms in total. The van der Waals surface area contributed by atoms with Gasteiger partial charge in [0.25, 0.3) is 17.4 Å². The van der Waals surface area contributed by atoms with Crippen molar-refractivity contribution in [1.29, 1.82) is 0 Å². The van der Waals surface area contributed by atoms with Crippen molar-refractivity contribution < 1.29 is 19.1 Å². The van der Waals surface area contributed by atoms with Gasteiger partial charge in [-0.3, -0.25) is 25.2 Å². The summed E-state index contributed by atoms with van der Waals surface area (Å²) >= 11 is 0.